The van der Waals surface area contributed by atoms with Crippen LogP contribution in [-0.4, -0.2) is 46.0 Å². The number of nitrogens with zero attached hydrogens (tertiary/aromatic N) is 2. The molecule has 1 aliphatic rings. The first-order chi connectivity index (χ1) is 9.22. The van der Waals surface area contributed by atoms with Gasteiger partial charge in [0.25, 0.3) is 0 Å². The number of rotatable bonds is 3. The Hall–Kier alpha value is -1.47. The molecule has 0 spiro atoms. The van der Waals surface area contributed by atoms with E-state index in [4.69, 9.17) is 5.11 Å². The second-order valence-corrected chi connectivity index (χ2v) is 5.35. The first-order valence-electron chi connectivity index (χ1n) is 6.34. The van der Waals surface area contributed by atoms with Crippen molar-refractivity contribution in [2.24, 2.45) is 0 Å². The zero-order valence-electron chi connectivity index (χ0n) is 10.5. The summed E-state index contributed by atoms with van der Waals surface area (Å²) < 4.78 is 0. The van der Waals surface area contributed by atoms with Gasteiger partial charge in [0.2, 0.25) is 0 Å². The van der Waals surface area contributed by atoms with E-state index in [9.17, 15) is 9.59 Å². The lowest BCUT2D eigenvalue weighted by Crippen LogP contribution is -2.48. The molecule has 1 aromatic rings. The smallest absolute Gasteiger partial charge is 0.315 e. The molecule has 2 amide bonds. The van der Waals surface area contributed by atoms with E-state index < -0.39 is 11.8 Å². The number of anilines is 1. The summed E-state index contributed by atoms with van der Waals surface area (Å²) in [5, 5.41) is 13.7. The standard InChI is InChI=1S/C12H17N3O3S/c16-7-4-9-3-1-2-6-15(9)11(18)10(17)14-12-13-5-8-19-12/h5,8-9,16H,1-4,6-7H2,(H,13,14,17). The van der Waals surface area contributed by atoms with Crippen molar-refractivity contribution in [2.45, 2.75) is 31.7 Å². The summed E-state index contributed by atoms with van der Waals surface area (Å²) in [4.78, 5) is 29.5. The fourth-order valence-corrected chi connectivity index (χ4v) is 2.81. The average molecular weight is 283 g/mol. The SMILES string of the molecule is O=C(Nc1nccs1)C(=O)N1CCCCC1CCO. The van der Waals surface area contributed by atoms with E-state index in [-0.39, 0.29) is 12.6 Å². The molecule has 1 atom stereocenters. The van der Waals surface area contributed by atoms with Crippen molar-refractivity contribution in [3.05, 3.63) is 11.6 Å². The predicted molar refractivity (Wildman–Crippen MR) is 71.8 cm³/mol. The number of nitrogens with one attached hydrogen (secondary N) is 1. The van der Waals surface area contributed by atoms with Crippen molar-refractivity contribution < 1.29 is 14.7 Å². The van der Waals surface area contributed by atoms with Crippen LogP contribution in [0.3, 0.4) is 0 Å². The second-order valence-electron chi connectivity index (χ2n) is 4.45. The normalized spacial score (nSPS) is 19.2. The van der Waals surface area contributed by atoms with Crippen LogP contribution in [0.25, 0.3) is 0 Å². The van der Waals surface area contributed by atoms with Gasteiger partial charge in [-0.25, -0.2) is 4.98 Å². The van der Waals surface area contributed by atoms with Gasteiger partial charge in [-0.3, -0.25) is 14.9 Å². The fourth-order valence-electron chi connectivity index (χ4n) is 2.28. The van der Waals surface area contributed by atoms with E-state index in [0.29, 0.717) is 18.1 Å². The number of aliphatic hydroxyl groups is 1. The van der Waals surface area contributed by atoms with Crippen LogP contribution in [0.4, 0.5) is 5.13 Å². The molecule has 104 valence electrons. The minimum Gasteiger partial charge on any atom is -0.396 e. The highest BCUT2D eigenvalue weighted by Gasteiger charge is 2.30. The van der Waals surface area contributed by atoms with Gasteiger partial charge in [-0.1, -0.05) is 0 Å². The highest BCUT2D eigenvalue weighted by atomic mass is 32.1. The van der Waals surface area contributed by atoms with E-state index in [0.717, 1.165) is 19.3 Å². The summed E-state index contributed by atoms with van der Waals surface area (Å²) >= 11 is 1.27. The molecule has 1 saturated heterocycles. The third kappa shape index (κ3) is 3.51. The molecule has 2 N–H and O–H groups in total. The molecular formula is C12H17N3O3S. The maximum absolute atomic E-state index is 12.1. The molecular weight excluding hydrogens is 266 g/mol. The lowest BCUT2D eigenvalue weighted by molar-refractivity contribution is -0.146. The van der Waals surface area contributed by atoms with Crippen molar-refractivity contribution in [3.63, 3.8) is 0 Å². The van der Waals surface area contributed by atoms with Crippen LogP contribution < -0.4 is 5.32 Å². The van der Waals surface area contributed by atoms with Crippen molar-refractivity contribution >= 4 is 28.3 Å². The van der Waals surface area contributed by atoms with Crippen molar-refractivity contribution in [1.29, 1.82) is 0 Å². The third-order valence-corrected chi connectivity index (χ3v) is 3.89. The summed E-state index contributed by atoms with van der Waals surface area (Å²) in [7, 11) is 0. The van der Waals surface area contributed by atoms with Gasteiger partial charge in [0.05, 0.1) is 0 Å². The quantitative estimate of drug-likeness (QED) is 0.806. The van der Waals surface area contributed by atoms with Gasteiger partial charge in [0.1, 0.15) is 0 Å². The molecule has 1 aliphatic heterocycles. The monoisotopic (exact) mass is 283 g/mol. The van der Waals surface area contributed by atoms with Gasteiger partial charge in [0, 0.05) is 30.8 Å². The Morgan fingerprint density at radius 1 is 1.53 bits per heavy atom. The van der Waals surface area contributed by atoms with Gasteiger partial charge in [-0.2, -0.15) is 0 Å². The van der Waals surface area contributed by atoms with E-state index >= 15 is 0 Å². The molecule has 2 rings (SSSR count). The summed E-state index contributed by atoms with van der Waals surface area (Å²) in [6.45, 7) is 0.608. The number of thiazole rings is 1. The Morgan fingerprint density at radius 3 is 3.05 bits per heavy atom. The zero-order chi connectivity index (χ0) is 13.7. The largest absolute Gasteiger partial charge is 0.396 e. The summed E-state index contributed by atoms with van der Waals surface area (Å²) in [6, 6.07) is -0.0340. The molecule has 6 nitrogen and oxygen atoms in total. The Balaban J connectivity index is 1.98. The summed E-state index contributed by atoms with van der Waals surface area (Å²) in [6.07, 6.45) is 4.87. The van der Waals surface area contributed by atoms with E-state index in [2.05, 4.69) is 10.3 Å². The fraction of sp³-hybridized carbons (Fsp3) is 0.583. The first kappa shape index (κ1) is 14.0. The third-order valence-electron chi connectivity index (χ3n) is 3.20. The van der Waals surface area contributed by atoms with Crippen molar-refractivity contribution in [3.8, 4) is 0 Å². The molecule has 7 heteroatoms. The zero-order valence-corrected chi connectivity index (χ0v) is 11.4. The molecule has 2 heterocycles. The van der Waals surface area contributed by atoms with E-state index in [1.54, 1.807) is 16.5 Å². The molecule has 1 aromatic heterocycles. The maximum Gasteiger partial charge on any atom is 0.315 e. The number of aromatic nitrogens is 1. The minimum atomic E-state index is -0.653. The van der Waals surface area contributed by atoms with Gasteiger partial charge < -0.3 is 10.0 Å². The molecule has 0 saturated carbocycles. The minimum absolute atomic E-state index is 0.0303. The molecule has 19 heavy (non-hydrogen) atoms. The van der Waals surface area contributed by atoms with Crippen LogP contribution in [-0.2, 0) is 9.59 Å². The topological polar surface area (TPSA) is 82.5 Å². The molecule has 1 fully saturated rings. The molecule has 0 aliphatic carbocycles. The van der Waals surface area contributed by atoms with Crippen molar-refractivity contribution in [1.82, 2.24) is 9.88 Å². The number of hydrogen-bond donors (Lipinski definition) is 2. The lowest BCUT2D eigenvalue weighted by atomic mass is 9.99. The Labute approximate surface area is 115 Å². The molecule has 0 bridgehead atoms. The molecule has 0 aromatic carbocycles. The van der Waals surface area contributed by atoms with Crippen LogP contribution in [0.5, 0.6) is 0 Å². The lowest BCUT2D eigenvalue weighted by Gasteiger charge is -2.34. The van der Waals surface area contributed by atoms with Crippen LogP contribution in [0.1, 0.15) is 25.7 Å². The highest BCUT2D eigenvalue weighted by Crippen LogP contribution is 2.20. The van der Waals surface area contributed by atoms with Crippen molar-refractivity contribution in [2.75, 3.05) is 18.5 Å². The number of hydrogen-bond acceptors (Lipinski definition) is 5. The number of aliphatic hydroxyl groups excluding tert-OH is 1. The Bertz CT molecular complexity index is 433. The number of amides is 2. The van der Waals surface area contributed by atoms with Crippen LogP contribution in [0.15, 0.2) is 11.6 Å². The first-order valence-corrected chi connectivity index (χ1v) is 7.22. The van der Waals surface area contributed by atoms with Gasteiger partial charge >= 0.3 is 11.8 Å². The maximum atomic E-state index is 12.1. The summed E-state index contributed by atoms with van der Waals surface area (Å²) in [5.74, 6) is -1.19. The van der Waals surface area contributed by atoms with Crippen LogP contribution in [0.2, 0.25) is 0 Å². The Morgan fingerprint density at radius 2 is 2.37 bits per heavy atom. The number of carbonyl (C=O) groups excluding carboxylic acids is 2. The molecule has 1 unspecified atom stereocenters. The molecule has 0 radical (unpaired) electrons. The Kier molecular flexibility index (Phi) is 4.86. The average Bonchev–Trinajstić information content (AvgIpc) is 2.92. The number of carbonyl (C=O) groups is 2. The number of likely N-dealkylation sites (tertiary alicyclic amines) is 1. The summed E-state index contributed by atoms with van der Waals surface area (Å²) in [5.41, 5.74) is 0. The van der Waals surface area contributed by atoms with E-state index in [1.165, 1.54) is 11.3 Å². The van der Waals surface area contributed by atoms with Gasteiger partial charge in [-0.05, 0) is 25.7 Å². The predicted octanol–water partition coefficient (Wildman–Crippen LogP) is 0.845. The van der Waals surface area contributed by atoms with Gasteiger partial charge in [-0.15, -0.1) is 11.3 Å². The van der Waals surface area contributed by atoms with Gasteiger partial charge in [0.15, 0.2) is 5.13 Å². The van der Waals surface area contributed by atoms with Crippen LogP contribution >= 0.6 is 11.3 Å². The van der Waals surface area contributed by atoms with Crippen LogP contribution in [0, 0.1) is 0 Å². The highest BCUT2D eigenvalue weighted by molar-refractivity contribution is 7.13. The van der Waals surface area contributed by atoms with E-state index in [1.807, 2.05) is 0 Å². The number of piperidine rings is 1. The second kappa shape index (κ2) is 6.63.